The van der Waals surface area contributed by atoms with Crippen LogP contribution in [0.25, 0.3) is 10.9 Å². The molecule has 3 heteroatoms. The third-order valence-electron chi connectivity index (χ3n) is 3.74. The van der Waals surface area contributed by atoms with Crippen LogP contribution in [0.5, 0.6) is 0 Å². The van der Waals surface area contributed by atoms with Crippen molar-refractivity contribution in [3.05, 3.63) is 36.0 Å². The monoisotopic (exact) mass is 245 g/mol. The molecule has 2 atom stereocenters. The average molecular weight is 245 g/mol. The van der Waals surface area contributed by atoms with Crippen LogP contribution in [-0.2, 0) is 17.9 Å². The number of nitrogens with zero attached hydrogens (tertiary/aromatic N) is 1. The number of aliphatic hydroxyl groups excluding tert-OH is 1. The van der Waals surface area contributed by atoms with Gasteiger partial charge < -0.3 is 14.4 Å². The topological polar surface area (TPSA) is 34.4 Å². The second-order valence-corrected chi connectivity index (χ2v) is 5.17. The van der Waals surface area contributed by atoms with Gasteiger partial charge in [-0.05, 0) is 48.9 Å². The minimum atomic E-state index is 0.102. The molecule has 1 aromatic heterocycles. The maximum atomic E-state index is 9.14. The molecule has 1 N–H and O–H groups in total. The summed E-state index contributed by atoms with van der Waals surface area (Å²) in [5.41, 5.74) is 2.18. The van der Waals surface area contributed by atoms with Crippen LogP contribution in [0.1, 0.15) is 25.3 Å². The Bertz CT molecular complexity index is 546. The van der Waals surface area contributed by atoms with Crippen LogP contribution in [0, 0.1) is 0 Å². The second-order valence-electron chi connectivity index (χ2n) is 5.17. The number of hydrogen-bond acceptors (Lipinski definition) is 2. The molecule has 0 amide bonds. The summed E-state index contributed by atoms with van der Waals surface area (Å²) in [5, 5.41) is 10.3. The van der Waals surface area contributed by atoms with Crippen molar-refractivity contribution in [1.82, 2.24) is 4.57 Å². The van der Waals surface area contributed by atoms with E-state index in [2.05, 4.69) is 29.8 Å². The molecule has 1 aliphatic rings. The molecule has 0 aliphatic carbocycles. The van der Waals surface area contributed by atoms with Crippen LogP contribution in [0.15, 0.2) is 30.5 Å². The van der Waals surface area contributed by atoms with E-state index in [0.717, 1.165) is 18.5 Å². The Kier molecular flexibility index (Phi) is 3.10. The van der Waals surface area contributed by atoms with Gasteiger partial charge in [0.1, 0.15) is 0 Å². The fourth-order valence-electron chi connectivity index (χ4n) is 2.75. The van der Waals surface area contributed by atoms with Gasteiger partial charge in [0, 0.05) is 18.3 Å². The van der Waals surface area contributed by atoms with E-state index in [1.165, 1.54) is 17.3 Å². The third kappa shape index (κ3) is 2.16. The molecule has 3 rings (SSSR count). The Morgan fingerprint density at radius 3 is 2.94 bits per heavy atom. The van der Waals surface area contributed by atoms with Gasteiger partial charge in [-0.2, -0.15) is 0 Å². The first-order chi connectivity index (χ1) is 8.76. The van der Waals surface area contributed by atoms with Gasteiger partial charge in [0.25, 0.3) is 0 Å². The van der Waals surface area contributed by atoms with Gasteiger partial charge in [-0.1, -0.05) is 6.07 Å². The summed E-state index contributed by atoms with van der Waals surface area (Å²) >= 11 is 0. The summed E-state index contributed by atoms with van der Waals surface area (Å²) in [6, 6.07) is 8.22. The van der Waals surface area contributed by atoms with Gasteiger partial charge in [-0.3, -0.25) is 0 Å². The van der Waals surface area contributed by atoms with E-state index >= 15 is 0 Å². The predicted molar refractivity (Wildman–Crippen MR) is 71.4 cm³/mol. The molecule has 3 nitrogen and oxygen atoms in total. The first-order valence-corrected chi connectivity index (χ1v) is 6.60. The van der Waals surface area contributed by atoms with Gasteiger partial charge in [-0.25, -0.2) is 0 Å². The number of rotatable bonds is 3. The fourth-order valence-corrected chi connectivity index (χ4v) is 2.75. The second kappa shape index (κ2) is 4.75. The number of ether oxygens (including phenoxy) is 1. The molecule has 0 spiro atoms. The smallest absolute Gasteiger partial charge is 0.0758 e. The van der Waals surface area contributed by atoms with Gasteiger partial charge in [-0.15, -0.1) is 0 Å². The molecule has 0 bridgehead atoms. The van der Waals surface area contributed by atoms with E-state index in [1.54, 1.807) is 0 Å². The largest absolute Gasteiger partial charge is 0.392 e. The van der Waals surface area contributed by atoms with Crippen molar-refractivity contribution in [1.29, 1.82) is 0 Å². The molecule has 1 saturated heterocycles. The number of aromatic nitrogens is 1. The van der Waals surface area contributed by atoms with Crippen LogP contribution in [0.4, 0.5) is 0 Å². The van der Waals surface area contributed by atoms with Crippen LogP contribution < -0.4 is 0 Å². The van der Waals surface area contributed by atoms with Crippen molar-refractivity contribution >= 4 is 10.9 Å². The molecular weight excluding hydrogens is 226 g/mol. The zero-order valence-electron chi connectivity index (χ0n) is 10.7. The molecule has 1 fully saturated rings. The SMILES string of the molecule is CC1CCC(Cn2ccc3cc(CO)ccc32)O1. The van der Waals surface area contributed by atoms with Crippen molar-refractivity contribution in [3.8, 4) is 0 Å². The van der Waals surface area contributed by atoms with Crippen LogP contribution >= 0.6 is 0 Å². The first-order valence-electron chi connectivity index (χ1n) is 6.60. The zero-order chi connectivity index (χ0) is 12.5. The van der Waals surface area contributed by atoms with Crippen LogP contribution in [0.3, 0.4) is 0 Å². The third-order valence-corrected chi connectivity index (χ3v) is 3.74. The van der Waals surface area contributed by atoms with Gasteiger partial charge in [0.05, 0.1) is 18.8 Å². The predicted octanol–water partition coefficient (Wildman–Crippen LogP) is 2.70. The standard InChI is InChI=1S/C15H19NO2/c1-11-2-4-14(18-11)9-16-7-6-13-8-12(10-17)3-5-15(13)16/h3,5-8,11,14,17H,2,4,9-10H2,1H3. The molecule has 0 saturated carbocycles. The van der Waals surface area contributed by atoms with Crippen molar-refractivity contribution in [2.75, 3.05) is 0 Å². The van der Waals surface area contributed by atoms with Crippen molar-refractivity contribution in [2.45, 2.75) is 45.1 Å². The van der Waals surface area contributed by atoms with Crippen molar-refractivity contribution < 1.29 is 9.84 Å². The number of benzene rings is 1. The first kappa shape index (κ1) is 11.8. The summed E-state index contributed by atoms with van der Waals surface area (Å²) < 4.78 is 8.12. The highest BCUT2D eigenvalue weighted by Gasteiger charge is 2.22. The van der Waals surface area contributed by atoms with E-state index in [-0.39, 0.29) is 6.61 Å². The minimum Gasteiger partial charge on any atom is -0.392 e. The van der Waals surface area contributed by atoms with Crippen molar-refractivity contribution in [3.63, 3.8) is 0 Å². The Hall–Kier alpha value is -1.32. The summed E-state index contributed by atoms with van der Waals surface area (Å²) in [6.07, 6.45) is 5.16. The molecule has 2 heterocycles. The van der Waals surface area contributed by atoms with E-state index in [4.69, 9.17) is 9.84 Å². The van der Waals surface area contributed by atoms with E-state index < -0.39 is 0 Å². The maximum absolute atomic E-state index is 9.14. The lowest BCUT2D eigenvalue weighted by Gasteiger charge is -2.13. The fraction of sp³-hybridized carbons (Fsp3) is 0.467. The lowest BCUT2D eigenvalue weighted by molar-refractivity contribution is 0.0465. The maximum Gasteiger partial charge on any atom is 0.0758 e. The Morgan fingerprint density at radius 1 is 1.33 bits per heavy atom. The molecule has 0 radical (unpaired) electrons. The summed E-state index contributed by atoms with van der Waals surface area (Å²) in [6.45, 7) is 3.16. The van der Waals surface area contributed by atoms with Crippen LogP contribution in [-0.4, -0.2) is 21.9 Å². The minimum absolute atomic E-state index is 0.102. The number of hydrogen-bond donors (Lipinski definition) is 1. The highest BCUT2D eigenvalue weighted by Crippen LogP contribution is 2.23. The molecule has 18 heavy (non-hydrogen) atoms. The normalized spacial score (nSPS) is 23.9. The highest BCUT2D eigenvalue weighted by molar-refractivity contribution is 5.80. The highest BCUT2D eigenvalue weighted by atomic mass is 16.5. The Labute approximate surface area is 107 Å². The van der Waals surface area contributed by atoms with E-state index in [1.807, 2.05) is 12.1 Å². The molecule has 96 valence electrons. The quantitative estimate of drug-likeness (QED) is 0.902. The summed E-state index contributed by atoms with van der Waals surface area (Å²) in [7, 11) is 0. The van der Waals surface area contributed by atoms with Gasteiger partial charge in [0.2, 0.25) is 0 Å². The lowest BCUT2D eigenvalue weighted by atomic mass is 10.1. The van der Waals surface area contributed by atoms with Crippen molar-refractivity contribution in [2.24, 2.45) is 0 Å². The summed E-state index contributed by atoms with van der Waals surface area (Å²) in [4.78, 5) is 0. The number of aliphatic hydroxyl groups is 1. The zero-order valence-corrected chi connectivity index (χ0v) is 10.7. The Balaban J connectivity index is 1.84. The van der Waals surface area contributed by atoms with Crippen LogP contribution in [0.2, 0.25) is 0 Å². The van der Waals surface area contributed by atoms with Gasteiger partial charge in [0.15, 0.2) is 0 Å². The molecule has 2 aromatic rings. The molecule has 1 aliphatic heterocycles. The lowest BCUT2D eigenvalue weighted by Crippen LogP contribution is -2.15. The van der Waals surface area contributed by atoms with Gasteiger partial charge >= 0.3 is 0 Å². The Morgan fingerprint density at radius 2 is 2.22 bits per heavy atom. The van der Waals surface area contributed by atoms with E-state index in [9.17, 15) is 0 Å². The number of fused-ring (bicyclic) bond motifs is 1. The molecule has 2 unspecified atom stereocenters. The van der Waals surface area contributed by atoms with E-state index in [0.29, 0.717) is 12.2 Å². The summed E-state index contributed by atoms with van der Waals surface area (Å²) in [5.74, 6) is 0. The average Bonchev–Trinajstić information content (AvgIpc) is 2.96. The molecular formula is C15H19NO2. The molecule has 1 aromatic carbocycles.